The van der Waals surface area contributed by atoms with E-state index in [-0.39, 0.29) is 5.76 Å². The molecule has 1 N–H and O–H groups in total. The number of nitrogens with zero attached hydrogens (tertiary/aromatic N) is 1. The van der Waals surface area contributed by atoms with E-state index >= 15 is 0 Å². The first-order valence-corrected chi connectivity index (χ1v) is 9.19. The van der Waals surface area contributed by atoms with Gasteiger partial charge in [-0.2, -0.15) is 0 Å². The van der Waals surface area contributed by atoms with Gasteiger partial charge in [0.2, 0.25) is 0 Å². The van der Waals surface area contributed by atoms with Crippen LogP contribution in [0.3, 0.4) is 0 Å². The van der Waals surface area contributed by atoms with Gasteiger partial charge in [0.25, 0.3) is 5.91 Å². The predicted molar refractivity (Wildman–Crippen MR) is 109 cm³/mol. The molecular weight excluding hydrogens is 377 g/mol. The Labute approximate surface area is 167 Å². The molecule has 0 bridgehead atoms. The fourth-order valence-electron chi connectivity index (χ4n) is 3.49. The van der Waals surface area contributed by atoms with Crippen molar-refractivity contribution in [3.63, 3.8) is 0 Å². The maximum absolute atomic E-state index is 13.4. The van der Waals surface area contributed by atoms with Gasteiger partial charge in [0.05, 0.1) is 6.04 Å². The number of amides is 1. The molecule has 0 spiro atoms. The minimum Gasteiger partial charge on any atom is -0.503 e. The van der Waals surface area contributed by atoms with Crippen molar-refractivity contribution < 1.29 is 14.3 Å². The Kier molecular flexibility index (Phi) is 4.65. The van der Waals surface area contributed by atoms with Crippen molar-refractivity contribution in [1.29, 1.82) is 0 Å². The lowest BCUT2D eigenvalue weighted by molar-refractivity contribution is -0.117. The zero-order chi connectivity index (χ0) is 19.8. The molecule has 1 aliphatic rings. The molecule has 1 heterocycles. The van der Waals surface area contributed by atoms with Crippen molar-refractivity contribution in [2.75, 3.05) is 4.90 Å². The van der Waals surface area contributed by atoms with Gasteiger partial charge >= 0.3 is 0 Å². The number of aliphatic hydroxyl groups excluding tert-OH is 1. The highest BCUT2D eigenvalue weighted by molar-refractivity contribution is 6.32. The van der Waals surface area contributed by atoms with Gasteiger partial charge in [0.1, 0.15) is 5.82 Å². The van der Waals surface area contributed by atoms with Gasteiger partial charge in [-0.05, 0) is 48.4 Å². The summed E-state index contributed by atoms with van der Waals surface area (Å²) in [6.45, 7) is 1.97. The lowest BCUT2D eigenvalue weighted by Crippen LogP contribution is -2.30. The number of rotatable bonds is 3. The molecule has 0 aliphatic carbocycles. The first-order valence-electron chi connectivity index (χ1n) is 8.81. The minimum absolute atomic E-state index is 0.335. The Bertz CT molecular complexity index is 1070. The summed E-state index contributed by atoms with van der Waals surface area (Å²) in [7, 11) is 0. The van der Waals surface area contributed by atoms with Crippen molar-refractivity contribution in [2.45, 2.75) is 13.0 Å². The summed E-state index contributed by atoms with van der Waals surface area (Å²) in [6, 6.07) is 19.7. The molecule has 0 fully saturated rings. The van der Waals surface area contributed by atoms with Crippen LogP contribution in [0, 0.1) is 12.7 Å². The Morgan fingerprint density at radius 3 is 2.25 bits per heavy atom. The molecule has 3 aromatic rings. The van der Waals surface area contributed by atoms with E-state index < -0.39 is 17.8 Å². The lowest BCUT2D eigenvalue weighted by Gasteiger charge is -2.28. The predicted octanol–water partition coefficient (Wildman–Crippen LogP) is 5.84. The van der Waals surface area contributed by atoms with E-state index in [1.807, 2.05) is 43.3 Å². The lowest BCUT2D eigenvalue weighted by atomic mass is 9.93. The van der Waals surface area contributed by atoms with Crippen molar-refractivity contribution in [3.8, 4) is 0 Å². The van der Waals surface area contributed by atoms with Crippen LogP contribution in [0.4, 0.5) is 10.1 Å². The summed E-state index contributed by atoms with van der Waals surface area (Å²) in [4.78, 5) is 14.5. The van der Waals surface area contributed by atoms with Crippen molar-refractivity contribution in [3.05, 3.63) is 106 Å². The number of hydrogen-bond acceptors (Lipinski definition) is 2. The summed E-state index contributed by atoms with van der Waals surface area (Å²) in [5.41, 5.74) is 3.43. The zero-order valence-corrected chi connectivity index (χ0v) is 15.8. The third kappa shape index (κ3) is 3.06. The number of hydrogen-bond donors (Lipinski definition) is 1. The van der Waals surface area contributed by atoms with Crippen molar-refractivity contribution in [2.24, 2.45) is 0 Å². The van der Waals surface area contributed by atoms with Crippen LogP contribution in [-0.4, -0.2) is 11.0 Å². The first kappa shape index (κ1) is 18.3. The van der Waals surface area contributed by atoms with Crippen LogP contribution in [0.2, 0.25) is 5.02 Å². The number of carbonyl (C=O) groups is 1. The summed E-state index contributed by atoms with van der Waals surface area (Å²) < 4.78 is 13.4. The van der Waals surface area contributed by atoms with E-state index in [4.69, 9.17) is 11.6 Å². The molecule has 0 saturated heterocycles. The number of anilines is 1. The van der Waals surface area contributed by atoms with Crippen LogP contribution in [0.25, 0.3) is 5.57 Å². The quantitative estimate of drug-likeness (QED) is 0.606. The first-order chi connectivity index (χ1) is 13.5. The van der Waals surface area contributed by atoms with Crippen LogP contribution in [0.1, 0.15) is 22.7 Å². The third-order valence-electron chi connectivity index (χ3n) is 4.88. The molecule has 1 amide bonds. The smallest absolute Gasteiger partial charge is 0.294 e. The van der Waals surface area contributed by atoms with Gasteiger partial charge in [-0.15, -0.1) is 0 Å². The summed E-state index contributed by atoms with van der Waals surface area (Å²) in [5.74, 6) is -1.29. The largest absolute Gasteiger partial charge is 0.503 e. The second-order valence-corrected chi connectivity index (χ2v) is 7.11. The van der Waals surface area contributed by atoms with Gasteiger partial charge < -0.3 is 5.11 Å². The molecule has 0 aromatic heterocycles. The SMILES string of the molecule is Cc1ccc(C2=C(O)C(=O)N(c3ccc(F)cc3)C2c2ccccc2Cl)cc1. The highest BCUT2D eigenvalue weighted by atomic mass is 35.5. The highest BCUT2D eigenvalue weighted by Gasteiger charge is 2.42. The second-order valence-electron chi connectivity index (χ2n) is 6.70. The van der Waals surface area contributed by atoms with E-state index in [0.717, 1.165) is 11.1 Å². The molecule has 1 atom stereocenters. The summed E-state index contributed by atoms with van der Waals surface area (Å²) in [5, 5.41) is 11.2. The molecular formula is C23H17ClFNO2. The van der Waals surface area contributed by atoms with Crippen LogP contribution >= 0.6 is 11.6 Å². The van der Waals surface area contributed by atoms with Crippen molar-refractivity contribution >= 4 is 28.8 Å². The topological polar surface area (TPSA) is 40.5 Å². The Hall–Kier alpha value is -3.11. The zero-order valence-electron chi connectivity index (χ0n) is 15.1. The Morgan fingerprint density at radius 2 is 1.61 bits per heavy atom. The van der Waals surface area contributed by atoms with E-state index in [2.05, 4.69) is 0 Å². The standard InChI is InChI=1S/C23H17ClFNO2/c1-14-6-8-15(9-7-14)20-21(18-4-2-3-5-19(18)24)26(23(28)22(20)27)17-12-10-16(25)11-13-17/h2-13,21,27H,1H3. The molecule has 0 saturated carbocycles. The second kappa shape index (κ2) is 7.13. The van der Waals surface area contributed by atoms with Gasteiger partial charge in [-0.1, -0.05) is 59.6 Å². The van der Waals surface area contributed by atoms with E-state index in [0.29, 0.717) is 21.8 Å². The highest BCUT2D eigenvalue weighted by Crippen LogP contribution is 2.46. The molecule has 3 aromatic carbocycles. The van der Waals surface area contributed by atoms with Crippen LogP contribution < -0.4 is 4.90 Å². The Balaban J connectivity index is 1.93. The number of aryl methyl sites for hydroxylation is 1. The van der Waals surface area contributed by atoms with Crippen LogP contribution in [0.5, 0.6) is 0 Å². The molecule has 0 radical (unpaired) electrons. The normalized spacial score (nSPS) is 16.8. The van der Waals surface area contributed by atoms with Crippen LogP contribution in [-0.2, 0) is 4.79 Å². The summed E-state index contributed by atoms with van der Waals surface area (Å²) >= 11 is 6.45. The average molecular weight is 394 g/mol. The average Bonchev–Trinajstić information content (AvgIpc) is 2.95. The maximum atomic E-state index is 13.4. The number of carbonyl (C=O) groups excluding carboxylic acids is 1. The fraction of sp³-hybridized carbons (Fsp3) is 0.0870. The van der Waals surface area contributed by atoms with Gasteiger partial charge in [0, 0.05) is 16.3 Å². The monoisotopic (exact) mass is 393 g/mol. The van der Waals surface area contributed by atoms with Gasteiger partial charge in [-0.3, -0.25) is 9.69 Å². The molecule has 1 unspecified atom stereocenters. The molecule has 28 heavy (non-hydrogen) atoms. The van der Waals surface area contributed by atoms with E-state index in [9.17, 15) is 14.3 Å². The summed E-state index contributed by atoms with van der Waals surface area (Å²) in [6.07, 6.45) is 0. The number of halogens is 2. The molecule has 1 aliphatic heterocycles. The van der Waals surface area contributed by atoms with E-state index in [1.54, 1.807) is 12.1 Å². The maximum Gasteiger partial charge on any atom is 0.294 e. The fourth-order valence-corrected chi connectivity index (χ4v) is 3.73. The number of aliphatic hydroxyl groups is 1. The Morgan fingerprint density at radius 1 is 0.964 bits per heavy atom. The molecule has 140 valence electrons. The molecule has 4 rings (SSSR count). The van der Waals surface area contributed by atoms with Crippen LogP contribution in [0.15, 0.2) is 78.6 Å². The number of benzene rings is 3. The molecule has 3 nitrogen and oxygen atoms in total. The molecule has 5 heteroatoms. The van der Waals surface area contributed by atoms with E-state index in [1.165, 1.54) is 29.2 Å². The minimum atomic E-state index is -0.630. The third-order valence-corrected chi connectivity index (χ3v) is 5.22. The van der Waals surface area contributed by atoms with Crippen molar-refractivity contribution in [1.82, 2.24) is 0 Å². The van der Waals surface area contributed by atoms with Gasteiger partial charge in [-0.25, -0.2) is 4.39 Å². The van der Waals surface area contributed by atoms with Gasteiger partial charge in [0.15, 0.2) is 5.76 Å².